The molecule has 2 N–H and O–H groups in total. The maximum atomic E-state index is 12.1. The molecule has 1 aromatic carbocycles. The molecule has 1 unspecified atom stereocenters. The number of carbonyl (C=O) groups excluding carboxylic acids is 1. The molecule has 1 rings (SSSR count). The van der Waals surface area contributed by atoms with E-state index < -0.39 is 22.8 Å². The zero-order valence-corrected chi connectivity index (χ0v) is 11.8. The van der Waals surface area contributed by atoms with Crippen LogP contribution in [0.3, 0.4) is 0 Å². The first-order valence-corrected chi connectivity index (χ1v) is 6.14. The molecule has 1 atom stereocenters. The number of amides is 1. The normalized spacial score (nSPS) is 11.8. The average Bonchev–Trinajstić information content (AvgIpc) is 2.42. The molecule has 114 valence electrons. The summed E-state index contributed by atoms with van der Waals surface area (Å²) < 4.78 is 4.91. The molecule has 0 radical (unpaired) electrons. The topological polar surface area (TPSA) is 119 Å². The predicted molar refractivity (Wildman–Crippen MR) is 73.4 cm³/mol. The molecule has 0 saturated carbocycles. The zero-order chi connectivity index (χ0) is 16.2. The second kappa shape index (κ2) is 6.69. The molecule has 0 aromatic heterocycles. The Labute approximate surface area is 120 Å². The van der Waals surface area contributed by atoms with Crippen molar-refractivity contribution in [3.63, 3.8) is 0 Å². The van der Waals surface area contributed by atoms with Crippen LogP contribution in [0.15, 0.2) is 18.2 Å². The zero-order valence-electron chi connectivity index (χ0n) is 11.8. The largest absolute Gasteiger partial charge is 0.490 e. The third-order valence-corrected chi connectivity index (χ3v) is 2.86. The van der Waals surface area contributed by atoms with Gasteiger partial charge in [-0.25, -0.2) is 4.79 Å². The summed E-state index contributed by atoms with van der Waals surface area (Å²) in [5.41, 5.74) is -0.444. The van der Waals surface area contributed by atoms with Crippen molar-refractivity contribution in [1.29, 1.82) is 0 Å². The minimum Gasteiger partial charge on any atom is -0.490 e. The van der Waals surface area contributed by atoms with Gasteiger partial charge < -0.3 is 15.2 Å². The van der Waals surface area contributed by atoms with Crippen molar-refractivity contribution in [3.8, 4) is 5.75 Å². The van der Waals surface area contributed by atoms with Crippen LogP contribution in [0.2, 0.25) is 0 Å². The molecular formula is C13H16N2O6. The Kier molecular flexibility index (Phi) is 5.23. The molecule has 0 spiro atoms. The number of benzene rings is 1. The summed E-state index contributed by atoms with van der Waals surface area (Å²) in [5.74, 6) is -2.46. The van der Waals surface area contributed by atoms with Crippen LogP contribution in [0, 0.1) is 16.0 Å². The standard InChI is InChI=1S/C13H16N2O6/c1-7(2)10(13(17)18)14-12(16)8-5-4-6-9(15(19)20)11(8)21-3/h4-7,10H,1-3H3,(H,14,16)(H,17,18). The van der Waals surface area contributed by atoms with E-state index in [1.807, 2.05) is 0 Å². The molecule has 8 heteroatoms. The third kappa shape index (κ3) is 3.68. The highest BCUT2D eigenvalue weighted by atomic mass is 16.6. The number of rotatable bonds is 6. The quantitative estimate of drug-likeness (QED) is 0.605. The first-order chi connectivity index (χ1) is 9.79. The van der Waals surface area contributed by atoms with E-state index in [9.17, 15) is 19.7 Å². The fourth-order valence-electron chi connectivity index (χ4n) is 1.79. The Hall–Kier alpha value is -2.64. The van der Waals surface area contributed by atoms with Crippen LogP contribution >= 0.6 is 0 Å². The molecular weight excluding hydrogens is 280 g/mol. The lowest BCUT2D eigenvalue weighted by molar-refractivity contribution is -0.385. The fourth-order valence-corrected chi connectivity index (χ4v) is 1.79. The lowest BCUT2D eigenvalue weighted by Gasteiger charge is -2.18. The molecule has 0 heterocycles. The number of carbonyl (C=O) groups is 2. The number of hydrogen-bond acceptors (Lipinski definition) is 5. The molecule has 0 aliphatic rings. The van der Waals surface area contributed by atoms with E-state index in [-0.39, 0.29) is 22.9 Å². The second-order valence-electron chi connectivity index (χ2n) is 4.65. The van der Waals surface area contributed by atoms with E-state index in [0.29, 0.717) is 0 Å². The number of carboxylic acids is 1. The average molecular weight is 296 g/mol. The lowest BCUT2D eigenvalue weighted by atomic mass is 10.0. The minimum absolute atomic E-state index is 0.0846. The molecule has 1 aromatic rings. The van der Waals surface area contributed by atoms with Crippen molar-refractivity contribution in [2.45, 2.75) is 19.9 Å². The third-order valence-electron chi connectivity index (χ3n) is 2.86. The van der Waals surface area contributed by atoms with Gasteiger partial charge in [0, 0.05) is 6.07 Å². The Bertz CT molecular complexity index is 570. The van der Waals surface area contributed by atoms with Crippen LogP contribution in [0.25, 0.3) is 0 Å². The number of carboxylic acid groups (broad SMARTS) is 1. The molecule has 1 amide bonds. The number of nitrogens with zero attached hydrogens (tertiary/aromatic N) is 1. The van der Waals surface area contributed by atoms with Gasteiger partial charge in [0.15, 0.2) is 0 Å². The first kappa shape index (κ1) is 16.4. The van der Waals surface area contributed by atoms with Gasteiger partial charge in [0.25, 0.3) is 5.91 Å². The van der Waals surface area contributed by atoms with Gasteiger partial charge in [-0.15, -0.1) is 0 Å². The maximum absolute atomic E-state index is 12.1. The van der Waals surface area contributed by atoms with Crippen molar-refractivity contribution in [2.75, 3.05) is 7.11 Å². The van der Waals surface area contributed by atoms with Crippen molar-refractivity contribution >= 4 is 17.6 Å². The summed E-state index contributed by atoms with van der Waals surface area (Å²) in [7, 11) is 1.20. The smallest absolute Gasteiger partial charge is 0.326 e. The minimum atomic E-state index is -1.18. The highest BCUT2D eigenvalue weighted by molar-refractivity contribution is 6.00. The number of methoxy groups -OCH3 is 1. The van der Waals surface area contributed by atoms with E-state index in [0.717, 1.165) is 0 Å². The van der Waals surface area contributed by atoms with Crippen LogP contribution in [0.1, 0.15) is 24.2 Å². The van der Waals surface area contributed by atoms with Crippen LogP contribution in [-0.4, -0.2) is 35.1 Å². The molecule has 0 saturated heterocycles. The molecule has 0 aliphatic heterocycles. The maximum Gasteiger partial charge on any atom is 0.326 e. The van der Waals surface area contributed by atoms with Crippen LogP contribution in [0.4, 0.5) is 5.69 Å². The molecule has 0 aliphatic carbocycles. The van der Waals surface area contributed by atoms with Gasteiger partial charge in [0.05, 0.1) is 17.6 Å². The van der Waals surface area contributed by atoms with Gasteiger partial charge in [0.2, 0.25) is 5.75 Å². The Balaban J connectivity index is 3.16. The number of aliphatic carboxylic acids is 1. The summed E-state index contributed by atoms with van der Waals surface area (Å²) in [5, 5.41) is 22.3. The summed E-state index contributed by atoms with van der Waals surface area (Å²) in [6, 6.07) is 2.77. The SMILES string of the molecule is COc1c(C(=O)NC(C(=O)O)C(C)C)cccc1[N+](=O)[O-]. The van der Waals surface area contributed by atoms with Crippen molar-refractivity contribution < 1.29 is 24.4 Å². The first-order valence-electron chi connectivity index (χ1n) is 6.14. The highest BCUT2D eigenvalue weighted by Crippen LogP contribution is 2.30. The van der Waals surface area contributed by atoms with Crippen molar-refractivity contribution in [2.24, 2.45) is 5.92 Å². The van der Waals surface area contributed by atoms with Crippen molar-refractivity contribution in [3.05, 3.63) is 33.9 Å². The number of para-hydroxylation sites is 1. The van der Waals surface area contributed by atoms with Gasteiger partial charge in [-0.1, -0.05) is 19.9 Å². The summed E-state index contributed by atoms with van der Waals surface area (Å²) >= 11 is 0. The Morgan fingerprint density at radius 1 is 1.38 bits per heavy atom. The van der Waals surface area contributed by atoms with E-state index in [2.05, 4.69) is 5.32 Å². The molecule has 0 fully saturated rings. The number of hydrogen-bond donors (Lipinski definition) is 2. The molecule has 8 nitrogen and oxygen atoms in total. The van der Waals surface area contributed by atoms with Gasteiger partial charge in [-0.2, -0.15) is 0 Å². The number of ether oxygens (including phenoxy) is 1. The van der Waals surface area contributed by atoms with Gasteiger partial charge in [-0.3, -0.25) is 14.9 Å². The van der Waals surface area contributed by atoms with E-state index in [1.54, 1.807) is 13.8 Å². The van der Waals surface area contributed by atoms with Gasteiger partial charge in [0.1, 0.15) is 6.04 Å². The summed E-state index contributed by atoms with van der Waals surface area (Å²) in [4.78, 5) is 33.4. The summed E-state index contributed by atoms with van der Waals surface area (Å²) in [6.07, 6.45) is 0. The monoisotopic (exact) mass is 296 g/mol. The lowest BCUT2D eigenvalue weighted by Crippen LogP contribution is -2.44. The van der Waals surface area contributed by atoms with Gasteiger partial charge >= 0.3 is 11.7 Å². The Morgan fingerprint density at radius 2 is 2.00 bits per heavy atom. The van der Waals surface area contributed by atoms with Gasteiger partial charge in [-0.05, 0) is 12.0 Å². The highest BCUT2D eigenvalue weighted by Gasteiger charge is 2.27. The molecule has 21 heavy (non-hydrogen) atoms. The number of nitro groups is 1. The van der Waals surface area contributed by atoms with Crippen LogP contribution in [-0.2, 0) is 4.79 Å². The van der Waals surface area contributed by atoms with E-state index in [1.165, 1.54) is 25.3 Å². The van der Waals surface area contributed by atoms with Crippen molar-refractivity contribution in [1.82, 2.24) is 5.32 Å². The summed E-state index contributed by atoms with van der Waals surface area (Å²) in [6.45, 7) is 3.29. The van der Waals surface area contributed by atoms with E-state index in [4.69, 9.17) is 9.84 Å². The van der Waals surface area contributed by atoms with Crippen LogP contribution < -0.4 is 10.1 Å². The van der Waals surface area contributed by atoms with Crippen LogP contribution in [0.5, 0.6) is 5.75 Å². The number of nitro benzene ring substituents is 1. The number of nitrogens with one attached hydrogen (secondary N) is 1. The van der Waals surface area contributed by atoms with E-state index >= 15 is 0 Å². The predicted octanol–water partition coefficient (Wildman–Crippen LogP) is 1.44. The second-order valence-corrected chi connectivity index (χ2v) is 4.65. The fraction of sp³-hybridized carbons (Fsp3) is 0.385. The molecule has 0 bridgehead atoms. The Morgan fingerprint density at radius 3 is 2.43 bits per heavy atom.